The van der Waals surface area contributed by atoms with Gasteiger partial charge in [0.15, 0.2) is 0 Å². The SMILES string of the molecule is COC1CCC(Nc2c(C)cccc2[N+](=O)[O-])C1. The van der Waals surface area contributed by atoms with Crippen molar-refractivity contribution in [1.29, 1.82) is 0 Å². The van der Waals surface area contributed by atoms with Crippen molar-refractivity contribution in [3.05, 3.63) is 33.9 Å². The van der Waals surface area contributed by atoms with Crippen LogP contribution < -0.4 is 5.32 Å². The van der Waals surface area contributed by atoms with Crippen molar-refractivity contribution in [3.8, 4) is 0 Å². The van der Waals surface area contributed by atoms with Gasteiger partial charge in [-0.15, -0.1) is 0 Å². The minimum atomic E-state index is -0.335. The summed E-state index contributed by atoms with van der Waals surface area (Å²) < 4.78 is 5.31. The first-order valence-electron chi connectivity index (χ1n) is 6.15. The van der Waals surface area contributed by atoms with Crippen LogP contribution in [-0.4, -0.2) is 24.2 Å². The third kappa shape index (κ3) is 2.61. The van der Waals surface area contributed by atoms with Crippen LogP contribution in [0.5, 0.6) is 0 Å². The number of hydrogen-bond acceptors (Lipinski definition) is 4. The molecule has 0 saturated heterocycles. The lowest BCUT2D eigenvalue weighted by molar-refractivity contribution is -0.384. The van der Waals surface area contributed by atoms with Gasteiger partial charge in [-0.1, -0.05) is 12.1 Å². The van der Waals surface area contributed by atoms with E-state index in [0.717, 1.165) is 24.8 Å². The molecule has 2 atom stereocenters. The van der Waals surface area contributed by atoms with Crippen molar-refractivity contribution in [2.45, 2.75) is 38.3 Å². The molecule has 1 N–H and O–H groups in total. The van der Waals surface area contributed by atoms with E-state index in [9.17, 15) is 10.1 Å². The van der Waals surface area contributed by atoms with Gasteiger partial charge in [-0.05, 0) is 31.7 Å². The van der Waals surface area contributed by atoms with Crippen molar-refractivity contribution in [1.82, 2.24) is 0 Å². The molecule has 1 fully saturated rings. The number of nitro groups is 1. The molecule has 1 saturated carbocycles. The number of nitrogens with one attached hydrogen (secondary N) is 1. The zero-order valence-electron chi connectivity index (χ0n) is 10.7. The maximum absolute atomic E-state index is 11.0. The summed E-state index contributed by atoms with van der Waals surface area (Å²) in [6.45, 7) is 1.89. The number of ether oxygens (including phenoxy) is 1. The Labute approximate surface area is 106 Å². The van der Waals surface area contributed by atoms with Crippen LogP contribution in [0.4, 0.5) is 11.4 Å². The number of rotatable bonds is 4. The Bertz CT molecular complexity index is 448. The first-order valence-corrected chi connectivity index (χ1v) is 6.15. The number of para-hydroxylation sites is 1. The Hall–Kier alpha value is -1.62. The summed E-state index contributed by atoms with van der Waals surface area (Å²) >= 11 is 0. The van der Waals surface area contributed by atoms with E-state index in [2.05, 4.69) is 5.32 Å². The van der Waals surface area contributed by atoms with Crippen molar-refractivity contribution in [2.75, 3.05) is 12.4 Å². The van der Waals surface area contributed by atoms with Gasteiger partial charge in [0.25, 0.3) is 5.69 Å². The van der Waals surface area contributed by atoms with Crippen LogP contribution >= 0.6 is 0 Å². The topological polar surface area (TPSA) is 64.4 Å². The summed E-state index contributed by atoms with van der Waals surface area (Å²) in [4.78, 5) is 10.7. The molecule has 18 heavy (non-hydrogen) atoms. The van der Waals surface area contributed by atoms with Crippen LogP contribution in [0.3, 0.4) is 0 Å². The fraction of sp³-hybridized carbons (Fsp3) is 0.538. The molecule has 1 aromatic carbocycles. The lowest BCUT2D eigenvalue weighted by atomic mass is 10.1. The van der Waals surface area contributed by atoms with Crippen LogP contribution in [0.25, 0.3) is 0 Å². The monoisotopic (exact) mass is 250 g/mol. The quantitative estimate of drug-likeness (QED) is 0.659. The average molecular weight is 250 g/mol. The first-order chi connectivity index (χ1) is 8.61. The summed E-state index contributed by atoms with van der Waals surface area (Å²) in [5.41, 5.74) is 1.70. The number of anilines is 1. The molecule has 5 nitrogen and oxygen atoms in total. The second-order valence-electron chi connectivity index (χ2n) is 4.74. The van der Waals surface area contributed by atoms with Gasteiger partial charge in [0.05, 0.1) is 11.0 Å². The number of nitrogens with zero attached hydrogens (tertiary/aromatic N) is 1. The molecule has 1 aliphatic carbocycles. The van der Waals surface area contributed by atoms with E-state index in [1.165, 1.54) is 6.07 Å². The molecule has 0 aliphatic heterocycles. The normalized spacial score (nSPS) is 23.0. The first kappa shape index (κ1) is 12.8. The molecule has 2 unspecified atom stereocenters. The van der Waals surface area contributed by atoms with Crippen LogP contribution in [0.1, 0.15) is 24.8 Å². The molecule has 0 radical (unpaired) electrons. The van der Waals surface area contributed by atoms with E-state index in [-0.39, 0.29) is 22.8 Å². The smallest absolute Gasteiger partial charge is 0.292 e. The number of hydrogen-bond donors (Lipinski definition) is 1. The fourth-order valence-electron chi connectivity index (χ4n) is 2.48. The molecule has 2 rings (SSSR count). The third-order valence-corrected chi connectivity index (χ3v) is 3.51. The maximum atomic E-state index is 11.0. The van der Waals surface area contributed by atoms with E-state index in [0.29, 0.717) is 5.69 Å². The van der Waals surface area contributed by atoms with E-state index in [4.69, 9.17) is 4.74 Å². The van der Waals surface area contributed by atoms with Crippen molar-refractivity contribution in [3.63, 3.8) is 0 Å². The standard InChI is InChI=1S/C13H18N2O3/c1-9-4-3-5-12(15(16)17)13(9)14-10-6-7-11(8-10)18-2/h3-5,10-11,14H,6-8H2,1-2H3. The van der Waals surface area contributed by atoms with Crippen LogP contribution in [0, 0.1) is 17.0 Å². The molecular formula is C13H18N2O3. The van der Waals surface area contributed by atoms with Gasteiger partial charge in [-0.3, -0.25) is 10.1 Å². The maximum Gasteiger partial charge on any atom is 0.292 e. The zero-order chi connectivity index (χ0) is 13.1. The molecule has 0 heterocycles. The summed E-state index contributed by atoms with van der Waals surface area (Å²) in [6.07, 6.45) is 3.17. The van der Waals surface area contributed by atoms with E-state index >= 15 is 0 Å². The average Bonchev–Trinajstić information content (AvgIpc) is 2.79. The van der Waals surface area contributed by atoms with Crippen LogP contribution in [0.15, 0.2) is 18.2 Å². The van der Waals surface area contributed by atoms with Crippen molar-refractivity contribution >= 4 is 11.4 Å². The largest absolute Gasteiger partial charge is 0.381 e. The summed E-state index contributed by atoms with van der Waals surface area (Å²) in [7, 11) is 1.71. The van der Waals surface area contributed by atoms with Gasteiger partial charge >= 0.3 is 0 Å². The Morgan fingerprint density at radius 2 is 2.22 bits per heavy atom. The molecule has 5 heteroatoms. The predicted molar refractivity (Wildman–Crippen MR) is 69.9 cm³/mol. The highest BCUT2D eigenvalue weighted by atomic mass is 16.6. The highest BCUT2D eigenvalue weighted by Crippen LogP contribution is 2.32. The number of nitro benzene ring substituents is 1. The minimum absolute atomic E-state index is 0.149. The fourth-order valence-corrected chi connectivity index (χ4v) is 2.48. The van der Waals surface area contributed by atoms with E-state index in [1.54, 1.807) is 13.2 Å². The zero-order valence-corrected chi connectivity index (χ0v) is 10.7. The highest BCUT2D eigenvalue weighted by Gasteiger charge is 2.26. The van der Waals surface area contributed by atoms with Gasteiger partial charge in [0.1, 0.15) is 5.69 Å². The van der Waals surface area contributed by atoms with Gasteiger partial charge in [0.2, 0.25) is 0 Å². The van der Waals surface area contributed by atoms with E-state index in [1.807, 2.05) is 13.0 Å². The predicted octanol–water partition coefficient (Wildman–Crippen LogP) is 2.88. The van der Waals surface area contributed by atoms with Gasteiger partial charge in [-0.25, -0.2) is 0 Å². The molecule has 98 valence electrons. The lowest BCUT2D eigenvalue weighted by Gasteiger charge is -2.16. The van der Waals surface area contributed by atoms with Gasteiger partial charge in [-0.2, -0.15) is 0 Å². The Balaban J connectivity index is 2.16. The molecule has 0 bridgehead atoms. The molecule has 1 aromatic rings. The Morgan fingerprint density at radius 1 is 1.44 bits per heavy atom. The van der Waals surface area contributed by atoms with Crippen LogP contribution in [0.2, 0.25) is 0 Å². The molecular weight excluding hydrogens is 232 g/mol. The van der Waals surface area contributed by atoms with E-state index < -0.39 is 0 Å². The summed E-state index contributed by atoms with van der Waals surface area (Å²) in [5, 5.41) is 14.3. The molecule has 0 spiro atoms. The van der Waals surface area contributed by atoms with Crippen molar-refractivity contribution < 1.29 is 9.66 Å². The highest BCUT2D eigenvalue weighted by molar-refractivity contribution is 5.66. The van der Waals surface area contributed by atoms with Gasteiger partial charge in [0, 0.05) is 19.2 Å². The third-order valence-electron chi connectivity index (χ3n) is 3.51. The van der Waals surface area contributed by atoms with Crippen LogP contribution in [-0.2, 0) is 4.74 Å². The Kier molecular flexibility index (Phi) is 3.81. The lowest BCUT2D eigenvalue weighted by Crippen LogP contribution is -2.18. The summed E-state index contributed by atoms with van der Waals surface area (Å²) in [6, 6.07) is 5.40. The molecule has 1 aliphatic rings. The minimum Gasteiger partial charge on any atom is -0.381 e. The van der Waals surface area contributed by atoms with Gasteiger partial charge < -0.3 is 10.1 Å². The second kappa shape index (κ2) is 5.35. The molecule has 0 aromatic heterocycles. The summed E-state index contributed by atoms with van der Waals surface area (Å²) in [5.74, 6) is 0. The molecule has 0 amide bonds. The van der Waals surface area contributed by atoms with Crippen molar-refractivity contribution in [2.24, 2.45) is 0 Å². The Morgan fingerprint density at radius 3 is 2.83 bits per heavy atom. The second-order valence-corrected chi connectivity index (χ2v) is 4.74. The number of methoxy groups -OCH3 is 1. The number of benzene rings is 1. The number of aryl methyl sites for hydroxylation is 1.